The highest BCUT2D eigenvalue weighted by molar-refractivity contribution is 6.33. The Morgan fingerprint density at radius 3 is 2.73 bits per heavy atom. The molecule has 152 valence electrons. The number of pyridine rings is 1. The zero-order valence-corrected chi connectivity index (χ0v) is 16.9. The van der Waals surface area contributed by atoms with E-state index in [9.17, 15) is 9.18 Å². The Labute approximate surface area is 177 Å². The molecule has 6 nitrogen and oxygen atoms in total. The highest BCUT2D eigenvalue weighted by Crippen LogP contribution is 2.24. The largest absolute Gasteiger partial charge is 0.336 e. The van der Waals surface area contributed by atoms with E-state index in [1.807, 2.05) is 29.7 Å². The maximum Gasteiger partial charge on any atom is 0.319 e. The first-order chi connectivity index (χ1) is 14.5. The Hall–Kier alpha value is -3.45. The molecule has 0 aliphatic rings. The molecule has 2 aromatic heterocycles. The number of aromatic nitrogens is 3. The van der Waals surface area contributed by atoms with Crippen molar-refractivity contribution in [1.82, 2.24) is 19.9 Å². The molecule has 0 unspecified atom stereocenters. The number of nitrogens with one attached hydrogen (secondary N) is 2. The van der Waals surface area contributed by atoms with E-state index in [0.29, 0.717) is 35.3 Å². The van der Waals surface area contributed by atoms with Crippen LogP contribution in [0.25, 0.3) is 22.6 Å². The Morgan fingerprint density at radius 1 is 1.17 bits per heavy atom. The first kappa shape index (κ1) is 19.8. The van der Waals surface area contributed by atoms with Gasteiger partial charge in [-0.05, 0) is 61.0 Å². The van der Waals surface area contributed by atoms with Gasteiger partial charge >= 0.3 is 6.03 Å². The molecule has 0 spiro atoms. The first-order valence-electron chi connectivity index (χ1n) is 9.39. The maximum atomic E-state index is 13.3. The van der Waals surface area contributed by atoms with Crippen molar-refractivity contribution in [3.05, 3.63) is 77.2 Å². The molecule has 2 amide bonds. The minimum Gasteiger partial charge on any atom is -0.336 e. The Kier molecular flexibility index (Phi) is 5.63. The Morgan fingerprint density at radius 2 is 1.97 bits per heavy atom. The summed E-state index contributed by atoms with van der Waals surface area (Å²) in [6, 6.07) is 14.9. The second-order valence-electron chi connectivity index (χ2n) is 6.80. The van der Waals surface area contributed by atoms with Crippen molar-refractivity contribution in [1.29, 1.82) is 0 Å². The number of urea groups is 1. The molecular weight excluding hydrogens is 405 g/mol. The van der Waals surface area contributed by atoms with Crippen molar-refractivity contribution in [2.24, 2.45) is 0 Å². The lowest BCUT2D eigenvalue weighted by atomic mass is 10.2. The van der Waals surface area contributed by atoms with Gasteiger partial charge in [0.15, 0.2) is 5.65 Å². The van der Waals surface area contributed by atoms with Crippen LogP contribution in [0.15, 0.2) is 60.8 Å². The summed E-state index contributed by atoms with van der Waals surface area (Å²) >= 11 is 6.16. The Bertz CT molecular complexity index is 1210. The molecule has 0 saturated carbocycles. The molecule has 4 aromatic rings. The summed E-state index contributed by atoms with van der Waals surface area (Å²) < 4.78 is 15.2. The van der Waals surface area contributed by atoms with E-state index >= 15 is 0 Å². The topological polar surface area (TPSA) is 71.8 Å². The Balaban J connectivity index is 1.50. The molecule has 0 aliphatic carbocycles. The molecule has 0 saturated heterocycles. The van der Waals surface area contributed by atoms with E-state index in [2.05, 4.69) is 20.6 Å². The summed E-state index contributed by atoms with van der Waals surface area (Å²) in [5.74, 6) is 0.347. The number of benzene rings is 2. The summed E-state index contributed by atoms with van der Waals surface area (Å²) in [6.45, 7) is 2.71. The molecule has 0 radical (unpaired) electrons. The third kappa shape index (κ3) is 4.26. The van der Waals surface area contributed by atoms with Crippen LogP contribution < -0.4 is 10.6 Å². The van der Waals surface area contributed by atoms with Crippen molar-refractivity contribution in [2.45, 2.75) is 13.5 Å². The minimum atomic E-state index is -0.360. The number of fused-ring (bicyclic) bond motifs is 1. The highest BCUT2D eigenvalue weighted by atomic mass is 35.5. The number of amides is 2. The molecule has 0 fully saturated rings. The lowest BCUT2D eigenvalue weighted by Crippen LogP contribution is -2.31. The highest BCUT2D eigenvalue weighted by Gasteiger charge is 2.14. The molecule has 0 atom stereocenters. The van der Waals surface area contributed by atoms with Gasteiger partial charge in [0.25, 0.3) is 0 Å². The average Bonchev–Trinajstić information content (AvgIpc) is 3.09. The third-order valence-corrected chi connectivity index (χ3v) is 4.91. The number of halogens is 2. The standard InChI is InChI=1S/C22H19ClFN5O/c1-14-4-9-18(17(23)13-14)28-22(30)26-11-12-29-20(15-5-7-16(24)8-6-15)27-19-3-2-10-25-21(19)29/h2-10,13H,11-12H2,1H3,(H2,26,28,30). The van der Waals surface area contributed by atoms with Crippen molar-refractivity contribution >= 4 is 34.5 Å². The summed E-state index contributed by atoms with van der Waals surface area (Å²) in [5, 5.41) is 6.04. The van der Waals surface area contributed by atoms with E-state index in [4.69, 9.17) is 11.6 Å². The van der Waals surface area contributed by atoms with Crippen LogP contribution in [-0.2, 0) is 6.54 Å². The number of hydrogen-bond acceptors (Lipinski definition) is 3. The van der Waals surface area contributed by atoms with Crippen LogP contribution in [-0.4, -0.2) is 27.1 Å². The van der Waals surface area contributed by atoms with Gasteiger partial charge in [-0.2, -0.15) is 0 Å². The van der Waals surface area contributed by atoms with Crippen LogP contribution in [0.2, 0.25) is 5.02 Å². The molecule has 8 heteroatoms. The van der Waals surface area contributed by atoms with Crippen LogP contribution in [0, 0.1) is 12.7 Å². The number of nitrogens with zero attached hydrogens (tertiary/aromatic N) is 3. The number of carbonyl (C=O) groups is 1. The number of rotatable bonds is 5. The van der Waals surface area contributed by atoms with E-state index in [1.54, 1.807) is 30.5 Å². The average molecular weight is 424 g/mol. The van der Waals surface area contributed by atoms with Gasteiger partial charge in [0, 0.05) is 24.8 Å². The van der Waals surface area contributed by atoms with Gasteiger partial charge in [-0.1, -0.05) is 17.7 Å². The number of anilines is 1. The van der Waals surface area contributed by atoms with E-state index in [-0.39, 0.29) is 11.8 Å². The van der Waals surface area contributed by atoms with E-state index in [0.717, 1.165) is 16.6 Å². The van der Waals surface area contributed by atoms with Gasteiger partial charge in [-0.15, -0.1) is 0 Å². The predicted molar refractivity (Wildman–Crippen MR) is 116 cm³/mol. The van der Waals surface area contributed by atoms with Crippen LogP contribution >= 0.6 is 11.6 Å². The zero-order valence-electron chi connectivity index (χ0n) is 16.2. The van der Waals surface area contributed by atoms with E-state index in [1.165, 1.54) is 12.1 Å². The fourth-order valence-corrected chi connectivity index (χ4v) is 3.44. The van der Waals surface area contributed by atoms with Crippen LogP contribution in [0.5, 0.6) is 0 Å². The lowest BCUT2D eigenvalue weighted by Gasteiger charge is -2.12. The zero-order chi connectivity index (χ0) is 21.1. The number of imidazole rings is 1. The van der Waals surface area contributed by atoms with Crippen LogP contribution in [0.4, 0.5) is 14.9 Å². The van der Waals surface area contributed by atoms with Crippen molar-refractivity contribution in [2.75, 3.05) is 11.9 Å². The molecule has 2 aromatic carbocycles. The monoisotopic (exact) mass is 423 g/mol. The third-order valence-electron chi connectivity index (χ3n) is 4.60. The molecule has 30 heavy (non-hydrogen) atoms. The van der Waals surface area contributed by atoms with E-state index < -0.39 is 0 Å². The van der Waals surface area contributed by atoms with Gasteiger partial charge in [0.1, 0.15) is 17.2 Å². The van der Waals surface area contributed by atoms with Crippen molar-refractivity contribution in [3.8, 4) is 11.4 Å². The van der Waals surface area contributed by atoms with Gasteiger partial charge in [-0.25, -0.2) is 19.2 Å². The van der Waals surface area contributed by atoms with Gasteiger partial charge in [0.05, 0.1) is 10.7 Å². The van der Waals surface area contributed by atoms with Crippen molar-refractivity contribution < 1.29 is 9.18 Å². The number of aryl methyl sites for hydroxylation is 1. The second-order valence-corrected chi connectivity index (χ2v) is 7.21. The predicted octanol–water partition coefficient (Wildman–Crippen LogP) is 5.02. The van der Waals surface area contributed by atoms with Gasteiger partial charge in [0.2, 0.25) is 0 Å². The normalized spacial score (nSPS) is 10.9. The fraction of sp³-hybridized carbons (Fsp3) is 0.136. The first-order valence-corrected chi connectivity index (χ1v) is 9.77. The fourth-order valence-electron chi connectivity index (χ4n) is 3.16. The number of hydrogen-bond donors (Lipinski definition) is 2. The quantitative estimate of drug-likeness (QED) is 0.473. The van der Waals surface area contributed by atoms with Crippen LogP contribution in [0.3, 0.4) is 0 Å². The number of carbonyl (C=O) groups excluding carboxylic acids is 1. The second kappa shape index (κ2) is 8.51. The summed E-state index contributed by atoms with van der Waals surface area (Å²) in [4.78, 5) is 21.3. The van der Waals surface area contributed by atoms with Gasteiger partial charge < -0.3 is 15.2 Å². The molecule has 0 bridgehead atoms. The molecule has 0 aliphatic heterocycles. The smallest absolute Gasteiger partial charge is 0.319 e. The lowest BCUT2D eigenvalue weighted by molar-refractivity contribution is 0.251. The summed E-state index contributed by atoms with van der Waals surface area (Å²) in [6.07, 6.45) is 1.69. The van der Waals surface area contributed by atoms with Crippen molar-refractivity contribution in [3.63, 3.8) is 0 Å². The summed E-state index contributed by atoms with van der Waals surface area (Å²) in [5.41, 5.74) is 3.75. The SMILES string of the molecule is Cc1ccc(NC(=O)NCCn2c(-c3ccc(F)cc3)nc3cccnc32)c(Cl)c1. The van der Waals surface area contributed by atoms with Crippen LogP contribution in [0.1, 0.15) is 5.56 Å². The molecule has 4 rings (SSSR count). The molecule has 2 heterocycles. The van der Waals surface area contributed by atoms with Gasteiger partial charge in [-0.3, -0.25) is 0 Å². The maximum absolute atomic E-state index is 13.3. The minimum absolute atomic E-state index is 0.312. The summed E-state index contributed by atoms with van der Waals surface area (Å²) in [7, 11) is 0. The molecule has 2 N–H and O–H groups in total. The molecular formula is C22H19ClFN5O.